The highest BCUT2D eigenvalue weighted by Crippen LogP contribution is 2.32. The zero-order valence-corrected chi connectivity index (χ0v) is 8.96. The van der Waals surface area contributed by atoms with E-state index in [4.69, 9.17) is 21.4 Å². The van der Waals surface area contributed by atoms with Gasteiger partial charge in [0, 0.05) is 6.07 Å². The highest BCUT2D eigenvalue weighted by molar-refractivity contribution is 6.31. The van der Waals surface area contributed by atoms with E-state index in [2.05, 4.69) is 4.98 Å². The summed E-state index contributed by atoms with van der Waals surface area (Å²) in [7, 11) is 1.28. The second-order valence-corrected chi connectivity index (χ2v) is 3.29. The first-order valence-corrected chi connectivity index (χ1v) is 4.56. The summed E-state index contributed by atoms with van der Waals surface area (Å²) in [5.41, 5.74) is -0.850. The molecular formula is C9H8ClF2NO3. The maximum atomic E-state index is 12.6. The monoisotopic (exact) mass is 251 g/mol. The third kappa shape index (κ3) is 2.79. The topological polar surface area (TPSA) is 59.4 Å². The summed E-state index contributed by atoms with van der Waals surface area (Å²) in [5, 5.41) is 8.31. The number of methoxy groups -OCH3 is 1. The standard InChI is InChI=1S/C9H8ClF2NO3/c1-16-6-2-4(10)8(9(11)12)5(13-6)3-7(14)15/h2,9H,3H2,1H3,(H,14,15). The Morgan fingerprint density at radius 3 is 2.75 bits per heavy atom. The van der Waals surface area contributed by atoms with Crippen molar-refractivity contribution >= 4 is 17.6 Å². The number of pyridine rings is 1. The molecule has 0 aromatic carbocycles. The number of rotatable bonds is 4. The summed E-state index contributed by atoms with van der Waals surface area (Å²) in [6.45, 7) is 0. The van der Waals surface area contributed by atoms with Crippen molar-refractivity contribution in [2.75, 3.05) is 7.11 Å². The molecule has 1 N–H and O–H groups in total. The van der Waals surface area contributed by atoms with Gasteiger partial charge in [-0.3, -0.25) is 4.79 Å². The van der Waals surface area contributed by atoms with Gasteiger partial charge in [-0.15, -0.1) is 0 Å². The van der Waals surface area contributed by atoms with Gasteiger partial charge in [-0.1, -0.05) is 11.6 Å². The maximum Gasteiger partial charge on any atom is 0.309 e. The number of aliphatic carboxylic acids is 1. The minimum Gasteiger partial charge on any atom is -0.481 e. The number of carboxylic acid groups (broad SMARTS) is 1. The van der Waals surface area contributed by atoms with Gasteiger partial charge in [-0.05, 0) is 0 Å². The number of carbonyl (C=O) groups is 1. The van der Waals surface area contributed by atoms with Crippen molar-refractivity contribution < 1.29 is 23.4 Å². The largest absolute Gasteiger partial charge is 0.481 e. The summed E-state index contributed by atoms with van der Waals surface area (Å²) in [6.07, 6.45) is -3.50. The van der Waals surface area contributed by atoms with Crippen molar-refractivity contribution in [2.45, 2.75) is 12.8 Å². The molecule has 88 valence electrons. The van der Waals surface area contributed by atoms with Crippen LogP contribution in [0.5, 0.6) is 5.88 Å². The Bertz CT molecular complexity index is 412. The molecule has 0 radical (unpaired) electrons. The van der Waals surface area contributed by atoms with Gasteiger partial charge in [-0.25, -0.2) is 13.8 Å². The van der Waals surface area contributed by atoms with Gasteiger partial charge in [0.25, 0.3) is 6.43 Å². The third-order valence-corrected chi connectivity index (χ3v) is 2.12. The van der Waals surface area contributed by atoms with Crippen molar-refractivity contribution in [2.24, 2.45) is 0 Å². The first-order chi connectivity index (χ1) is 7.45. The predicted molar refractivity (Wildman–Crippen MR) is 52.1 cm³/mol. The van der Waals surface area contributed by atoms with Crippen LogP contribution in [0.4, 0.5) is 8.78 Å². The van der Waals surface area contributed by atoms with Gasteiger partial charge in [0.1, 0.15) is 0 Å². The van der Waals surface area contributed by atoms with E-state index < -0.39 is 24.4 Å². The Morgan fingerprint density at radius 1 is 1.69 bits per heavy atom. The lowest BCUT2D eigenvalue weighted by atomic mass is 10.1. The second-order valence-electron chi connectivity index (χ2n) is 2.88. The molecule has 1 rings (SSSR count). The molecule has 0 aliphatic rings. The van der Waals surface area contributed by atoms with Crippen LogP contribution in [0.25, 0.3) is 0 Å². The molecule has 1 aromatic rings. The SMILES string of the molecule is COc1cc(Cl)c(C(F)F)c(CC(=O)O)n1. The molecular weight excluding hydrogens is 244 g/mol. The summed E-state index contributed by atoms with van der Waals surface area (Å²) >= 11 is 5.60. The summed E-state index contributed by atoms with van der Waals surface area (Å²) in [6, 6.07) is 1.12. The van der Waals surface area contributed by atoms with Crippen LogP contribution in [0.15, 0.2) is 6.07 Å². The normalized spacial score (nSPS) is 10.6. The van der Waals surface area contributed by atoms with E-state index in [1.165, 1.54) is 7.11 Å². The summed E-state index contributed by atoms with van der Waals surface area (Å²) in [4.78, 5) is 14.1. The smallest absolute Gasteiger partial charge is 0.309 e. The minimum atomic E-state index is -2.87. The highest BCUT2D eigenvalue weighted by Gasteiger charge is 2.21. The van der Waals surface area contributed by atoms with E-state index in [0.29, 0.717) is 0 Å². The first-order valence-electron chi connectivity index (χ1n) is 4.19. The number of halogens is 3. The molecule has 0 saturated heterocycles. The molecule has 1 heterocycles. The highest BCUT2D eigenvalue weighted by atomic mass is 35.5. The minimum absolute atomic E-state index is 0.00523. The van der Waals surface area contributed by atoms with Gasteiger partial charge < -0.3 is 9.84 Å². The van der Waals surface area contributed by atoms with E-state index in [1.807, 2.05) is 0 Å². The van der Waals surface area contributed by atoms with Crippen LogP contribution in [0, 0.1) is 0 Å². The number of ether oxygens (including phenoxy) is 1. The number of alkyl halides is 2. The van der Waals surface area contributed by atoms with E-state index in [0.717, 1.165) is 6.07 Å². The zero-order valence-electron chi connectivity index (χ0n) is 8.21. The van der Waals surface area contributed by atoms with Crippen LogP contribution in [0.2, 0.25) is 5.02 Å². The Labute approximate surface area is 94.8 Å². The van der Waals surface area contributed by atoms with Crippen molar-refractivity contribution in [1.82, 2.24) is 4.98 Å². The average molecular weight is 252 g/mol. The Balaban J connectivity index is 3.28. The van der Waals surface area contributed by atoms with Crippen molar-refractivity contribution in [3.63, 3.8) is 0 Å². The Hall–Kier alpha value is -1.43. The Morgan fingerprint density at radius 2 is 2.31 bits per heavy atom. The van der Waals surface area contributed by atoms with Gasteiger partial charge in [0.2, 0.25) is 5.88 Å². The quantitative estimate of drug-likeness (QED) is 0.892. The molecule has 0 bridgehead atoms. The van der Waals surface area contributed by atoms with Crippen LogP contribution in [0.1, 0.15) is 17.7 Å². The van der Waals surface area contributed by atoms with Crippen LogP contribution in [0.3, 0.4) is 0 Å². The number of nitrogens with zero attached hydrogens (tertiary/aromatic N) is 1. The van der Waals surface area contributed by atoms with Gasteiger partial charge >= 0.3 is 5.97 Å². The van der Waals surface area contributed by atoms with E-state index in [9.17, 15) is 13.6 Å². The van der Waals surface area contributed by atoms with E-state index >= 15 is 0 Å². The van der Waals surface area contributed by atoms with Crippen molar-refractivity contribution in [3.8, 4) is 5.88 Å². The molecule has 0 atom stereocenters. The van der Waals surface area contributed by atoms with Crippen molar-refractivity contribution in [3.05, 3.63) is 22.3 Å². The van der Waals surface area contributed by atoms with E-state index in [-0.39, 0.29) is 16.6 Å². The van der Waals surface area contributed by atoms with Crippen LogP contribution >= 0.6 is 11.6 Å². The van der Waals surface area contributed by atoms with Crippen LogP contribution in [-0.2, 0) is 11.2 Å². The lowest BCUT2D eigenvalue weighted by molar-refractivity contribution is -0.136. The molecule has 16 heavy (non-hydrogen) atoms. The molecule has 7 heteroatoms. The predicted octanol–water partition coefficient (Wildman–Crippen LogP) is 2.31. The average Bonchev–Trinajstić information content (AvgIpc) is 2.14. The molecule has 0 fully saturated rings. The second kappa shape index (κ2) is 5.07. The zero-order chi connectivity index (χ0) is 12.3. The first kappa shape index (κ1) is 12.6. The van der Waals surface area contributed by atoms with E-state index in [1.54, 1.807) is 0 Å². The summed E-state index contributed by atoms with van der Waals surface area (Å²) < 4.78 is 30.0. The summed E-state index contributed by atoms with van der Waals surface area (Å²) in [5.74, 6) is -1.26. The number of aromatic nitrogens is 1. The molecule has 1 aromatic heterocycles. The maximum absolute atomic E-state index is 12.6. The molecule has 0 aliphatic heterocycles. The van der Waals surface area contributed by atoms with Crippen LogP contribution < -0.4 is 4.74 Å². The molecule has 4 nitrogen and oxygen atoms in total. The fraction of sp³-hybridized carbons (Fsp3) is 0.333. The third-order valence-electron chi connectivity index (χ3n) is 1.81. The fourth-order valence-electron chi connectivity index (χ4n) is 1.16. The van der Waals surface area contributed by atoms with Gasteiger partial charge in [0.05, 0.1) is 29.8 Å². The lowest BCUT2D eigenvalue weighted by Crippen LogP contribution is -2.08. The Kier molecular flexibility index (Phi) is 4.00. The molecule has 0 amide bonds. The number of hydrogen-bond acceptors (Lipinski definition) is 3. The molecule has 0 aliphatic carbocycles. The van der Waals surface area contributed by atoms with Gasteiger partial charge in [0.15, 0.2) is 0 Å². The number of hydrogen-bond donors (Lipinski definition) is 1. The van der Waals surface area contributed by atoms with Crippen LogP contribution in [-0.4, -0.2) is 23.2 Å². The lowest BCUT2D eigenvalue weighted by Gasteiger charge is -2.10. The fourth-order valence-corrected chi connectivity index (χ4v) is 1.45. The molecule has 0 unspecified atom stereocenters. The molecule has 0 saturated carbocycles. The van der Waals surface area contributed by atoms with Crippen molar-refractivity contribution in [1.29, 1.82) is 0 Å². The number of carboxylic acids is 1. The molecule has 0 spiro atoms. The van der Waals surface area contributed by atoms with Gasteiger partial charge in [-0.2, -0.15) is 0 Å².